The van der Waals surface area contributed by atoms with E-state index in [0.29, 0.717) is 27.1 Å². The van der Waals surface area contributed by atoms with E-state index in [9.17, 15) is 4.79 Å². The molecule has 0 spiro atoms. The van der Waals surface area contributed by atoms with Crippen molar-refractivity contribution in [3.05, 3.63) is 58.2 Å². The molecule has 144 valence electrons. The molecule has 0 radical (unpaired) electrons. The van der Waals surface area contributed by atoms with Crippen LogP contribution in [0.5, 0.6) is 0 Å². The van der Waals surface area contributed by atoms with Crippen LogP contribution in [0.2, 0.25) is 10.0 Å². The highest BCUT2D eigenvalue weighted by atomic mass is 35.5. The third kappa shape index (κ3) is 4.86. The Morgan fingerprint density at radius 3 is 2.43 bits per heavy atom. The molecule has 3 rings (SSSR count). The van der Waals surface area contributed by atoms with Gasteiger partial charge < -0.3 is 16.8 Å². The van der Waals surface area contributed by atoms with Crippen molar-refractivity contribution in [1.29, 1.82) is 0 Å². The van der Waals surface area contributed by atoms with Gasteiger partial charge in [-0.1, -0.05) is 29.3 Å². The van der Waals surface area contributed by atoms with Crippen LogP contribution in [0, 0.1) is 0 Å². The minimum absolute atomic E-state index is 0.109. The maximum absolute atomic E-state index is 11.1. The maximum Gasteiger partial charge on any atom is 0.222 e. The molecular formula is C19H17Cl2N5OS. The lowest BCUT2D eigenvalue weighted by Gasteiger charge is -2.13. The summed E-state index contributed by atoms with van der Waals surface area (Å²) in [6, 6.07) is 12.8. The van der Waals surface area contributed by atoms with Crippen LogP contribution in [0.1, 0.15) is 12.6 Å². The van der Waals surface area contributed by atoms with Crippen molar-refractivity contribution in [2.75, 3.05) is 16.8 Å². The van der Waals surface area contributed by atoms with Crippen molar-refractivity contribution in [2.24, 2.45) is 0 Å². The van der Waals surface area contributed by atoms with Crippen LogP contribution in [0.3, 0.4) is 0 Å². The monoisotopic (exact) mass is 433 g/mol. The Balaban J connectivity index is 1.87. The highest BCUT2D eigenvalue weighted by molar-refractivity contribution is 7.98. The highest BCUT2D eigenvalue weighted by Gasteiger charge is 2.15. The first kappa shape index (κ1) is 20.3. The Morgan fingerprint density at radius 1 is 1.07 bits per heavy atom. The molecule has 5 N–H and O–H groups in total. The van der Waals surface area contributed by atoms with E-state index in [1.54, 1.807) is 23.9 Å². The van der Waals surface area contributed by atoms with E-state index in [1.165, 1.54) is 6.92 Å². The van der Waals surface area contributed by atoms with E-state index in [1.807, 2.05) is 30.3 Å². The number of thioether (sulfide) groups is 1. The van der Waals surface area contributed by atoms with Crippen molar-refractivity contribution >= 4 is 58.3 Å². The minimum atomic E-state index is -0.112. The molecule has 9 heteroatoms. The second-order valence-corrected chi connectivity index (χ2v) is 7.78. The number of hydrogen-bond donors (Lipinski definition) is 3. The van der Waals surface area contributed by atoms with E-state index in [0.717, 1.165) is 16.1 Å². The Kier molecular flexibility index (Phi) is 6.28. The van der Waals surface area contributed by atoms with Gasteiger partial charge in [0.15, 0.2) is 0 Å². The number of carbonyl (C=O) groups excluding carboxylic acids is 1. The van der Waals surface area contributed by atoms with Gasteiger partial charge in [0.2, 0.25) is 11.9 Å². The van der Waals surface area contributed by atoms with Gasteiger partial charge in [0, 0.05) is 28.8 Å². The lowest BCUT2D eigenvalue weighted by atomic mass is 10.1. The molecule has 0 saturated carbocycles. The third-order valence-corrected chi connectivity index (χ3v) is 5.55. The fourth-order valence-electron chi connectivity index (χ4n) is 2.61. The molecule has 2 aromatic carbocycles. The number of hydrogen-bond acceptors (Lipinski definition) is 6. The van der Waals surface area contributed by atoms with E-state index in [4.69, 9.17) is 34.7 Å². The smallest absolute Gasteiger partial charge is 0.222 e. The normalized spacial score (nSPS) is 10.7. The SMILES string of the molecule is CC(=O)Nc1ccc(SCc2nc(N)nc(N)c2-c2ccc(Cl)c(Cl)c2)cc1. The molecule has 1 amide bonds. The first-order valence-electron chi connectivity index (χ1n) is 8.21. The molecule has 0 aliphatic heterocycles. The quantitative estimate of drug-likeness (QED) is 0.495. The standard InChI is InChI=1S/C19H17Cl2N5OS/c1-10(27)24-12-3-5-13(6-4-12)28-9-16-17(18(22)26-19(23)25-16)11-2-7-14(20)15(21)8-11/h2-8H,9H2,1H3,(H,24,27)(H4,22,23,25,26). The first-order valence-corrected chi connectivity index (χ1v) is 9.95. The largest absolute Gasteiger partial charge is 0.383 e. The number of nitrogens with zero attached hydrogens (tertiary/aromatic N) is 2. The van der Waals surface area contributed by atoms with Crippen molar-refractivity contribution < 1.29 is 4.79 Å². The number of amides is 1. The van der Waals surface area contributed by atoms with Crippen molar-refractivity contribution in [1.82, 2.24) is 9.97 Å². The van der Waals surface area contributed by atoms with Crippen molar-refractivity contribution in [3.63, 3.8) is 0 Å². The number of benzene rings is 2. The van der Waals surface area contributed by atoms with Crippen LogP contribution < -0.4 is 16.8 Å². The van der Waals surface area contributed by atoms with Gasteiger partial charge in [0.05, 0.1) is 15.7 Å². The number of nitrogen functional groups attached to an aromatic ring is 2. The van der Waals surface area contributed by atoms with Crippen LogP contribution in [-0.4, -0.2) is 15.9 Å². The summed E-state index contributed by atoms with van der Waals surface area (Å²) in [4.78, 5) is 20.6. The zero-order valence-corrected chi connectivity index (χ0v) is 17.2. The van der Waals surface area contributed by atoms with Gasteiger partial charge in [-0.25, -0.2) is 4.98 Å². The van der Waals surface area contributed by atoms with Crippen LogP contribution in [-0.2, 0) is 10.5 Å². The van der Waals surface area contributed by atoms with Crippen LogP contribution >= 0.6 is 35.0 Å². The highest BCUT2D eigenvalue weighted by Crippen LogP contribution is 2.35. The fourth-order valence-corrected chi connectivity index (χ4v) is 3.75. The topological polar surface area (TPSA) is 107 Å². The van der Waals surface area contributed by atoms with Gasteiger partial charge in [-0.3, -0.25) is 4.79 Å². The fraction of sp³-hybridized carbons (Fsp3) is 0.105. The number of anilines is 3. The molecule has 0 aliphatic carbocycles. The van der Waals surface area contributed by atoms with Crippen LogP contribution in [0.15, 0.2) is 47.4 Å². The lowest BCUT2D eigenvalue weighted by Crippen LogP contribution is -2.06. The zero-order chi connectivity index (χ0) is 20.3. The number of halogens is 2. The van der Waals surface area contributed by atoms with E-state index < -0.39 is 0 Å². The molecule has 3 aromatic rings. The Labute approximate surface area is 176 Å². The number of aromatic nitrogens is 2. The van der Waals surface area contributed by atoms with Crippen molar-refractivity contribution in [3.8, 4) is 11.1 Å². The molecule has 0 unspecified atom stereocenters. The Hall–Kier alpha value is -2.48. The van der Waals surface area contributed by atoms with Gasteiger partial charge >= 0.3 is 0 Å². The number of nitrogens with one attached hydrogen (secondary N) is 1. The number of rotatable bonds is 5. The average molecular weight is 434 g/mol. The zero-order valence-electron chi connectivity index (χ0n) is 14.9. The predicted octanol–water partition coefficient (Wildman–Crippen LogP) is 4.87. The second kappa shape index (κ2) is 8.68. The molecular weight excluding hydrogens is 417 g/mol. The van der Waals surface area contributed by atoms with Crippen molar-refractivity contribution in [2.45, 2.75) is 17.6 Å². The molecule has 0 aliphatic rings. The Bertz CT molecular complexity index is 1030. The molecule has 1 aromatic heterocycles. The summed E-state index contributed by atoms with van der Waals surface area (Å²) >= 11 is 13.7. The summed E-state index contributed by atoms with van der Waals surface area (Å²) in [5, 5.41) is 3.61. The number of nitrogens with two attached hydrogens (primary N) is 2. The maximum atomic E-state index is 11.1. The summed E-state index contributed by atoms with van der Waals surface area (Å²) in [5.41, 5.74) is 14.8. The van der Waals surface area contributed by atoms with Gasteiger partial charge in [-0.2, -0.15) is 4.98 Å². The molecule has 0 atom stereocenters. The summed E-state index contributed by atoms with van der Waals surface area (Å²) in [6.45, 7) is 1.47. The van der Waals surface area contributed by atoms with Gasteiger partial charge in [0.25, 0.3) is 0 Å². The van der Waals surface area contributed by atoms with Crippen LogP contribution in [0.4, 0.5) is 17.5 Å². The predicted molar refractivity (Wildman–Crippen MR) is 117 cm³/mol. The Morgan fingerprint density at radius 2 is 1.79 bits per heavy atom. The minimum Gasteiger partial charge on any atom is -0.383 e. The first-order chi connectivity index (χ1) is 13.3. The van der Waals surface area contributed by atoms with E-state index in [-0.39, 0.29) is 17.7 Å². The molecule has 0 bridgehead atoms. The van der Waals surface area contributed by atoms with Gasteiger partial charge in [-0.15, -0.1) is 11.8 Å². The summed E-state index contributed by atoms with van der Waals surface area (Å²) < 4.78 is 0. The molecule has 28 heavy (non-hydrogen) atoms. The van der Waals surface area contributed by atoms with Gasteiger partial charge in [0.1, 0.15) is 5.82 Å². The summed E-state index contributed by atoms with van der Waals surface area (Å²) in [7, 11) is 0. The number of carbonyl (C=O) groups is 1. The summed E-state index contributed by atoms with van der Waals surface area (Å²) in [5.74, 6) is 0.797. The average Bonchev–Trinajstić information content (AvgIpc) is 2.63. The molecule has 6 nitrogen and oxygen atoms in total. The molecule has 0 saturated heterocycles. The summed E-state index contributed by atoms with van der Waals surface area (Å²) in [6.07, 6.45) is 0. The third-order valence-electron chi connectivity index (χ3n) is 3.79. The molecule has 0 fully saturated rings. The lowest BCUT2D eigenvalue weighted by molar-refractivity contribution is -0.114. The van der Waals surface area contributed by atoms with E-state index >= 15 is 0 Å². The molecule has 1 heterocycles. The van der Waals surface area contributed by atoms with Gasteiger partial charge in [-0.05, 0) is 42.0 Å². The second-order valence-electron chi connectivity index (χ2n) is 5.91. The van der Waals surface area contributed by atoms with E-state index in [2.05, 4.69) is 15.3 Å². The van der Waals surface area contributed by atoms with Crippen LogP contribution in [0.25, 0.3) is 11.1 Å².